The summed E-state index contributed by atoms with van der Waals surface area (Å²) in [6.45, 7) is 3.21. The molecule has 1 amide bonds. The molecule has 0 unspecified atom stereocenters. The van der Waals surface area contributed by atoms with E-state index in [9.17, 15) is 28.1 Å². The van der Waals surface area contributed by atoms with Gasteiger partial charge in [0.25, 0.3) is 11.6 Å². The van der Waals surface area contributed by atoms with Gasteiger partial charge in [-0.3, -0.25) is 19.7 Å². The van der Waals surface area contributed by atoms with Crippen LogP contribution in [0.15, 0.2) is 23.1 Å². The first kappa shape index (κ1) is 24.3. The molecule has 0 bridgehead atoms. The number of hydrogen-bond donors (Lipinski definition) is 2. The van der Waals surface area contributed by atoms with Crippen molar-refractivity contribution in [2.24, 2.45) is 5.92 Å². The van der Waals surface area contributed by atoms with Crippen LogP contribution in [-0.2, 0) is 24.3 Å². The minimum atomic E-state index is -4.19. The number of carbonyl (C=O) groups excluding carboxylic acids is 2. The number of amides is 1. The van der Waals surface area contributed by atoms with Crippen molar-refractivity contribution in [3.05, 3.63) is 28.3 Å². The molecule has 0 atom stereocenters. The summed E-state index contributed by atoms with van der Waals surface area (Å²) in [4.78, 5) is 34.8. The Balaban J connectivity index is 2.65. The van der Waals surface area contributed by atoms with Gasteiger partial charge in [0.1, 0.15) is 12.2 Å². The molecule has 0 aliphatic heterocycles. The zero-order chi connectivity index (χ0) is 22.2. The molecule has 0 radical (unpaired) electrons. The molecule has 0 aromatic heterocycles. The fraction of sp³-hybridized carbons (Fsp3) is 0.529. The third-order valence-electron chi connectivity index (χ3n) is 3.75. The summed E-state index contributed by atoms with van der Waals surface area (Å²) in [6, 6.07) is 3.40. The highest BCUT2D eigenvalue weighted by Gasteiger charge is 2.23. The highest BCUT2D eigenvalue weighted by atomic mass is 32.2. The molecule has 1 aromatic carbocycles. The fourth-order valence-corrected chi connectivity index (χ4v) is 3.17. The van der Waals surface area contributed by atoms with Crippen LogP contribution in [0.1, 0.15) is 20.3 Å². The van der Waals surface area contributed by atoms with Crippen LogP contribution in [0.3, 0.4) is 0 Å². The summed E-state index contributed by atoms with van der Waals surface area (Å²) in [5.41, 5.74) is -0.157. The average molecular weight is 430 g/mol. The van der Waals surface area contributed by atoms with Gasteiger partial charge in [-0.25, -0.2) is 8.42 Å². The summed E-state index contributed by atoms with van der Waals surface area (Å²) < 4.78 is 31.3. The lowest BCUT2D eigenvalue weighted by Crippen LogP contribution is -2.34. The van der Waals surface area contributed by atoms with Gasteiger partial charge in [-0.15, -0.1) is 0 Å². The molecule has 1 aromatic rings. The Morgan fingerprint density at radius 1 is 1.28 bits per heavy atom. The monoisotopic (exact) mass is 430 g/mol. The van der Waals surface area contributed by atoms with Crippen LogP contribution in [0.5, 0.6) is 0 Å². The quantitative estimate of drug-likeness (QED) is 0.295. The number of hydrogen-bond acceptors (Lipinski definition) is 8. The normalized spacial score (nSPS) is 11.2. The molecule has 0 spiro atoms. The van der Waals surface area contributed by atoms with E-state index in [0.29, 0.717) is 12.5 Å². The summed E-state index contributed by atoms with van der Waals surface area (Å²) >= 11 is 0. The highest BCUT2D eigenvalue weighted by molar-refractivity contribution is 7.89. The summed E-state index contributed by atoms with van der Waals surface area (Å²) in [7, 11) is -1.02. The average Bonchev–Trinajstić information content (AvgIpc) is 2.63. The van der Waals surface area contributed by atoms with E-state index in [1.807, 2.05) is 18.6 Å². The van der Waals surface area contributed by atoms with Crippen molar-refractivity contribution in [1.82, 2.24) is 10.0 Å². The molecule has 1 rings (SSSR count). The van der Waals surface area contributed by atoms with E-state index < -0.39 is 45.7 Å². The molecule has 2 N–H and O–H groups in total. The van der Waals surface area contributed by atoms with Crippen molar-refractivity contribution in [3.8, 4) is 0 Å². The van der Waals surface area contributed by atoms with Crippen molar-refractivity contribution < 1.29 is 27.7 Å². The second kappa shape index (κ2) is 10.7. The van der Waals surface area contributed by atoms with E-state index >= 15 is 0 Å². The molecule has 11 nitrogen and oxygen atoms in total. The van der Waals surface area contributed by atoms with Crippen molar-refractivity contribution in [2.75, 3.05) is 38.7 Å². The standard InChI is InChI=1S/C17H26N4O7S/c1-12(2)7-8-18-16(22)11-28-17(23)10-19-29(26,27)13-5-6-14(20(3)4)15(9-13)21(24)25/h5-6,9,12,19H,7-8,10-11H2,1-4H3,(H,18,22). The Morgan fingerprint density at radius 2 is 1.93 bits per heavy atom. The van der Waals surface area contributed by atoms with Crippen LogP contribution in [-0.4, -0.2) is 59.0 Å². The number of nitro groups is 1. The molecule has 0 fully saturated rings. The van der Waals surface area contributed by atoms with Crippen molar-refractivity contribution in [2.45, 2.75) is 25.2 Å². The van der Waals surface area contributed by atoms with Crippen LogP contribution in [0.4, 0.5) is 11.4 Å². The number of nitrogens with one attached hydrogen (secondary N) is 2. The Morgan fingerprint density at radius 3 is 2.48 bits per heavy atom. The molecule has 0 aliphatic rings. The molecule has 29 heavy (non-hydrogen) atoms. The number of benzene rings is 1. The van der Waals surface area contributed by atoms with E-state index in [0.717, 1.165) is 12.5 Å². The Hall–Kier alpha value is -2.73. The van der Waals surface area contributed by atoms with Crippen LogP contribution in [0.2, 0.25) is 0 Å². The molecule has 0 heterocycles. The number of carbonyl (C=O) groups is 2. The van der Waals surface area contributed by atoms with Crippen LogP contribution in [0, 0.1) is 16.0 Å². The molecule has 0 aliphatic carbocycles. The molecular formula is C17H26N4O7S. The van der Waals surface area contributed by atoms with Gasteiger partial charge < -0.3 is 15.0 Å². The maximum absolute atomic E-state index is 12.3. The lowest BCUT2D eigenvalue weighted by atomic mass is 10.1. The summed E-state index contributed by atoms with van der Waals surface area (Å²) in [5.74, 6) is -1.03. The van der Waals surface area contributed by atoms with Crippen LogP contribution >= 0.6 is 0 Å². The SMILES string of the molecule is CC(C)CCNC(=O)COC(=O)CNS(=O)(=O)c1ccc(N(C)C)c([N+](=O)[O-])c1. The predicted octanol–water partition coefficient (Wildman–Crippen LogP) is 0.645. The molecule has 12 heteroatoms. The van der Waals surface area contributed by atoms with Gasteiger partial charge in [-0.1, -0.05) is 13.8 Å². The Bertz CT molecular complexity index is 853. The van der Waals surface area contributed by atoms with Gasteiger partial charge in [0, 0.05) is 26.7 Å². The van der Waals surface area contributed by atoms with Crippen molar-refractivity contribution in [3.63, 3.8) is 0 Å². The Kier molecular flexibility index (Phi) is 8.98. The highest BCUT2D eigenvalue weighted by Crippen LogP contribution is 2.29. The van der Waals surface area contributed by atoms with E-state index in [1.54, 1.807) is 14.1 Å². The lowest BCUT2D eigenvalue weighted by Gasteiger charge is -2.14. The number of nitro benzene ring substituents is 1. The van der Waals surface area contributed by atoms with Crippen LogP contribution in [0.25, 0.3) is 0 Å². The second-order valence-electron chi connectivity index (χ2n) is 6.82. The topological polar surface area (TPSA) is 148 Å². The Labute approximate surface area is 169 Å². The number of esters is 1. The third kappa shape index (κ3) is 8.03. The van der Waals surface area contributed by atoms with Gasteiger partial charge in [0.2, 0.25) is 10.0 Å². The first-order valence-electron chi connectivity index (χ1n) is 8.81. The van der Waals surface area contributed by atoms with Crippen molar-refractivity contribution in [1.29, 1.82) is 0 Å². The zero-order valence-electron chi connectivity index (χ0n) is 16.8. The number of nitrogens with zero attached hydrogens (tertiary/aromatic N) is 2. The number of rotatable bonds is 11. The van der Waals surface area contributed by atoms with Gasteiger partial charge in [0.15, 0.2) is 6.61 Å². The maximum atomic E-state index is 12.3. The van der Waals surface area contributed by atoms with Gasteiger partial charge in [0.05, 0.1) is 9.82 Å². The molecule has 162 valence electrons. The summed E-state index contributed by atoms with van der Waals surface area (Å²) in [6.07, 6.45) is 0.776. The largest absolute Gasteiger partial charge is 0.455 e. The first-order chi connectivity index (χ1) is 13.4. The number of ether oxygens (including phenoxy) is 1. The zero-order valence-corrected chi connectivity index (χ0v) is 17.6. The van der Waals surface area contributed by atoms with E-state index in [4.69, 9.17) is 4.74 Å². The predicted molar refractivity (Wildman–Crippen MR) is 106 cm³/mol. The molecular weight excluding hydrogens is 404 g/mol. The molecule has 0 saturated heterocycles. The fourth-order valence-electron chi connectivity index (χ4n) is 2.18. The smallest absolute Gasteiger partial charge is 0.321 e. The van der Waals surface area contributed by atoms with E-state index in [-0.39, 0.29) is 10.6 Å². The number of anilines is 1. The van der Waals surface area contributed by atoms with Gasteiger partial charge >= 0.3 is 5.97 Å². The van der Waals surface area contributed by atoms with Gasteiger partial charge in [-0.2, -0.15) is 4.72 Å². The van der Waals surface area contributed by atoms with E-state index in [2.05, 4.69) is 5.32 Å². The third-order valence-corrected chi connectivity index (χ3v) is 5.15. The van der Waals surface area contributed by atoms with Crippen LogP contribution < -0.4 is 14.9 Å². The number of sulfonamides is 1. The minimum absolute atomic E-state index is 0.233. The second-order valence-corrected chi connectivity index (χ2v) is 8.59. The van der Waals surface area contributed by atoms with Crippen molar-refractivity contribution >= 4 is 33.3 Å². The first-order valence-corrected chi connectivity index (χ1v) is 10.3. The van der Waals surface area contributed by atoms with Gasteiger partial charge in [-0.05, 0) is 24.5 Å². The lowest BCUT2D eigenvalue weighted by molar-refractivity contribution is -0.384. The maximum Gasteiger partial charge on any atom is 0.321 e. The molecule has 0 saturated carbocycles. The minimum Gasteiger partial charge on any atom is -0.455 e. The van der Waals surface area contributed by atoms with E-state index in [1.165, 1.54) is 17.0 Å². The summed E-state index contributed by atoms with van der Waals surface area (Å²) in [5, 5.41) is 13.8.